The zero-order valence-corrected chi connectivity index (χ0v) is 20.5. The van der Waals surface area contributed by atoms with E-state index in [9.17, 15) is 4.79 Å². The molecule has 0 radical (unpaired) electrons. The van der Waals surface area contributed by atoms with Crippen molar-refractivity contribution in [2.24, 2.45) is 5.10 Å². The molecule has 0 aliphatic carbocycles. The summed E-state index contributed by atoms with van der Waals surface area (Å²) >= 11 is 1.28. The van der Waals surface area contributed by atoms with Crippen molar-refractivity contribution >= 4 is 23.4 Å². The van der Waals surface area contributed by atoms with Gasteiger partial charge in [-0.15, -0.1) is 10.2 Å². The number of thioether (sulfide) groups is 1. The number of aromatic nitrogens is 3. The maximum Gasteiger partial charge on any atom is 0.250 e. The van der Waals surface area contributed by atoms with Gasteiger partial charge in [0, 0.05) is 11.3 Å². The Morgan fingerprint density at radius 1 is 0.914 bits per heavy atom. The zero-order valence-electron chi connectivity index (χ0n) is 19.6. The highest BCUT2D eigenvalue weighted by molar-refractivity contribution is 7.99. The molecule has 1 amide bonds. The lowest BCUT2D eigenvalue weighted by molar-refractivity contribution is -0.118. The van der Waals surface area contributed by atoms with Crippen LogP contribution in [0.1, 0.15) is 12.5 Å². The van der Waals surface area contributed by atoms with E-state index in [1.807, 2.05) is 90.4 Å². The predicted octanol–water partition coefficient (Wildman–Crippen LogP) is 4.58. The number of rotatable bonds is 9. The Balaban J connectivity index is 1.55. The Morgan fingerprint density at radius 3 is 2.17 bits per heavy atom. The number of hydrogen-bond acceptors (Lipinski definition) is 7. The summed E-state index contributed by atoms with van der Waals surface area (Å²) < 4.78 is 12.5. The first-order valence-corrected chi connectivity index (χ1v) is 11.8. The van der Waals surface area contributed by atoms with Gasteiger partial charge in [-0.2, -0.15) is 5.10 Å². The number of amides is 1. The van der Waals surface area contributed by atoms with E-state index in [0.717, 1.165) is 34.0 Å². The molecule has 4 rings (SSSR count). The molecule has 178 valence electrons. The predicted molar refractivity (Wildman–Crippen MR) is 137 cm³/mol. The van der Waals surface area contributed by atoms with Crippen LogP contribution in [-0.2, 0) is 4.79 Å². The Kier molecular flexibility index (Phi) is 7.79. The largest absolute Gasteiger partial charge is 0.497 e. The van der Waals surface area contributed by atoms with E-state index in [0.29, 0.717) is 11.0 Å². The summed E-state index contributed by atoms with van der Waals surface area (Å²) in [5.74, 6) is 2.04. The van der Waals surface area contributed by atoms with Crippen LogP contribution in [0.4, 0.5) is 0 Å². The smallest absolute Gasteiger partial charge is 0.250 e. The molecule has 0 aliphatic heterocycles. The molecule has 1 N–H and O–H groups in total. The lowest BCUT2D eigenvalue weighted by Gasteiger charge is -2.11. The number of nitrogens with one attached hydrogen (secondary N) is 1. The molecule has 0 bridgehead atoms. The van der Waals surface area contributed by atoms with Crippen LogP contribution in [0.2, 0.25) is 0 Å². The lowest BCUT2D eigenvalue weighted by atomic mass is 10.1. The SMILES string of the molecule is COc1ccc(-c2nnc(SCC(=O)N/N=C(\C)c3ccccc3)n2-c2ccc(OC)cc2)cc1. The molecule has 0 atom stereocenters. The number of carbonyl (C=O) groups excluding carboxylic acids is 1. The molecule has 1 aromatic heterocycles. The number of benzene rings is 3. The van der Waals surface area contributed by atoms with Crippen LogP contribution in [0, 0.1) is 0 Å². The Bertz CT molecular complexity index is 1300. The number of methoxy groups -OCH3 is 2. The minimum absolute atomic E-state index is 0.127. The standard InChI is InChI=1S/C26H25N5O3S/c1-18(19-7-5-4-6-8-19)27-28-24(32)17-35-26-30-29-25(20-9-13-22(33-2)14-10-20)31(26)21-11-15-23(34-3)16-12-21/h4-16H,17H2,1-3H3,(H,28,32)/b27-18+. The number of hydrogen-bond donors (Lipinski definition) is 1. The Morgan fingerprint density at radius 2 is 1.54 bits per heavy atom. The van der Waals surface area contributed by atoms with Gasteiger partial charge in [-0.05, 0) is 61.0 Å². The molecule has 4 aromatic rings. The molecule has 9 heteroatoms. The van der Waals surface area contributed by atoms with Crippen LogP contribution in [0.25, 0.3) is 17.1 Å². The number of hydrazone groups is 1. The van der Waals surface area contributed by atoms with E-state index in [4.69, 9.17) is 9.47 Å². The maximum atomic E-state index is 12.5. The lowest BCUT2D eigenvalue weighted by Crippen LogP contribution is -2.21. The van der Waals surface area contributed by atoms with Gasteiger partial charge in [0.05, 0.1) is 25.7 Å². The van der Waals surface area contributed by atoms with Gasteiger partial charge < -0.3 is 9.47 Å². The molecule has 8 nitrogen and oxygen atoms in total. The summed E-state index contributed by atoms with van der Waals surface area (Å²) in [6, 6.07) is 24.9. The molecule has 0 saturated carbocycles. The summed E-state index contributed by atoms with van der Waals surface area (Å²) in [7, 11) is 3.25. The van der Waals surface area contributed by atoms with Crippen LogP contribution < -0.4 is 14.9 Å². The summed E-state index contributed by atoms with van der Waals surface area (Å²) in [6.45, 7) is 1.85. The van der Waals surface area contributed by atoms with Crippen molar-refractivity contribution < 1.29 is 14.3 Å². The van der Waals surface area contributed by atoms with Crippen LogP contribution in [-0.4, -0.2) is 46.4 Å². The fourth-order valence-electron chi connectivity index (χ4n) is 3.31. The molecule has 1 heterocycles. The zero-order chi connectivity index (χ0) is 24.6. The first-order valence-electron chi connectivity index (χ1n) is 10.8. The third kappa shape index (κ3) is 5.88. The molecule has 0 aliphatic rings. The van der Waals surface area contributed by atoms with Crippen LogP contribution in [0.15, 0.2) is 89.1 Å². The average Bonchev–Trinajstić information content (AvgIpc) is 3.35. The average molecular weight is 488 g/mol. The van der Waals surface area contributed by atoms with Gasteiger partial charge in [0.1, 0.15) is 11.5 Å². The van der Waals surface area contributed by atoms with Crippen LogP contribution in [0.3, 0.4) is 0 Å². The molecule has 0 saturated heterocycles. The highest BCUT2D eigenvalue weighted by Gasteiger charge is 2.17. The highest BCUT2D eigenvalue weighted by Crippen LogP contribution is 2.29. The molecular weight excluding hydrogens is 462 g/mol. The first-order chi connectivity index (χ1) is 17.1. The van der Waals surface area contributed by atoms with E-state index in [2.05, 4.69) is 20.7 Å². The van der Waals surface area contributed by atoms with Gasteiger partial charge in [-0.1, -0.05) is 42.1 Å². The summed E-state index contributed by atoms with van der Waals surface area (Å²) in [5.41, 5.74) is 6.01. The van der Waals surface area contributed by atoms with Gasteiger partial charge >= 0.3 is 0 Å². The van der Waals surface area contributed by atoms with Gasteiger partial charge in [-0.25, -0.2) is 5.43 Å². The van der Waals surface area contributed by atoms with E-state index >= 15 is 0 Å². The number of nitrogens with zero attached hydrogens (tertiary/aromatic N) is 4. The fourth-order valence-corrected chi connectivity index (χ4v) is 4.05. The van der Waals surface area contributed by atoms with Crippen molar-refractivity contribution in [2.75, 3.05) is 20.0 Å². The molecule has 35 heavy (non-hydrogen) atoms. The van der Waals surface area contributed by atoms with E-state index in [1.165, 1.54) is 11.8 Å². The minimum atomic E-state index is -0.236. The monoisotopic (exact) mass is 487 g/mol. The third-order valence-corrected chi connectivity index (χ3v) is 6.11. The van der Waals surface area contributed by atoms with Crippen molar-refractivity contribution in [2.45, 2.75) is 12.1 Å². The topological polar surface area (TPSA) is 90.6 Å². The van der Waals surface area contributed by atoms with Gasteiger partial charge in [-0.3, -0.25) is 9.36 Å². The van der Waals surface area contributed by atoms with E-state index in [-0.39, 0.29) is 11.7 Å². The number of carbonyl (C=O) groups is 1. The van der Waals surface area contributed by atoms with E-state index < -0.39 is 0 Å². The highest BCUT2D eigenvalue weighted by atomic mass is 32.2. The number of ether oxygens (including phenoxy) is 2. The van der Waals surface area contributed by atoms with Gasteiger partial charge in [0.2, 0.25) is 0 Å². The first kappa shape index (κ1) is 24.0. The normalized spacial score (nSPS) is 11.2. The second kappa shape index (κ2) is 11.3. The van der Waals surface area contributed by atoms with Crippen molar-refractivity contribution in [1.82, 2.24) is 20.2 Å². The summed E-state index contributed by atoms with van der Waals surface area (Å²) in [4.78, 5) is 12.5. The quantitative estimate of drug-likeness (QED) is 0.211. The van der Waals surface area contributed by atoms with E-state index in [1.54, 1.807) is 14.2 Å². The maximum absolute atomic E-state index is 12.5. The molecule has 0 fully saturated rings. The summed E-state index contributed by atoms with van der Waals surface area (Å²) in [5, 5.41) is 13.6. The molecule has 3 aromatic carbocycles. The van der Waals surface area contributed by atoms with Crippen LogP contribution in [0.5, 0.6) is 11.5 Å². The van der Waals surface area contributed by atoms with Crippen LogP contribution >= 0.6 is 11.8 Å². The third-order valence-electron chi connectivity index (χ3n) is 5.18. The molecular formula is C26H25N5O3S. The van der Waals surface area contributed by atoms with Gasteiger partial charge in [0.25, 0.3) is 5.91 Å². The van der Waals surface area contributed by atoms with Crippen molar-refractivity contribution in [3.63, 3.8) is 0 Å². The van der Waals surface area contributed by atoms with Crippen molar-refractivity contribution in [3.8, 4) is 28.6 Å². The minimum Gasteiger partial charge on any atom is -0.497 e. The fraction of sp³-hybridized carbons (Fsp3) is 0.154. The molecule has 0 spiro atoms. The van der Waals surface area contributed by atoms with Crippen molar-refractivity contribution in [3.05, 3.63) is 84.4 Å². The second-order valence-electron chi connectivity index (χ2n) is 7.46. The second-order valence-corrected chi connectivity index (χ2v) is 8.40. The Labute approximate surface area is 208 Å². The van der Waals surface area contributed by atoms with Crippen molar-refractivity contribution in [1.29, 1.82) is 0 Å². The summed E-state index contributed by atoms with van der Waals surface area (Å²) in [6.07, 6.45) is 0. The Hall–Kier alpha value is -4.11. The molecule has 0 unspecified atom stereocenters. The van der Waals surface area contributed by atoms with Gasteiger partial charge in [0.15, 0.2) is 11.0 Å².